The number of sulfonamides is 1. The normalized spacial score (nSPS) is 11.2. The van der Waals surface area contributed by atoms with Crippen molar-refractivity contribution in [2.75, 3.05) is 19.7 Å². The Morgan fingerprint density at radius 2 is 1.84 bits per heavy atom. The lowest BCUT2D eigenvalue weighted by molar-refractivity contribution is -0.123. The van der Waals surface area contributed by atoms with Gasteiger partial charge in [0.15, 0.2) is 6.61 Å². The predicted molar refractivity (Wildman–Crippen MR) is 89.6 cm³/mol. The minimum atomic E-state index is -3.88. The Hall–Kier alpha value is -2.17. The lowest BCUT2D eigenvalue weighted by Gasteiger charge is -2.19. The number of nitrogens with one attached hydrogen (secondary N) is 1. The fourth-order valence-electron chi connectivity index (χ4n) is 1.92. The Labute approximate surface area is 150 Å². The van der Waals surface area contributed by atoms with E-state index in [0.29, 0.717) is 0 Å². The van der Waals surface area contributed by atoms with E-state index in [1.165, 1.54) is 16.4 Å². The molecule has 0 bridgehead atoms. The zero-order chi connectivity index (χ0) is 19.2. The van der Waals surface area contributed by atoms with E-state index < -0.39 is 34.5 Å². The summed E-state index contributed by atoms with van der Waals surface area (Å²) in [6, 6.07) is 2.50. The molecule has 0 heterocycles. The highest BCUT2D eigenvalue weighted by Gasteiger charge is 2.26. The average molecular weight is 392 g/mol. The first-order valence-corrected chi connectivity index (χ1v) is 9.01. The summed E-state index contributed by atoms with van der Waals surface area (Å²) in [5.41, 5.74) is 4.64. The van der Waals surface area contributed by atoms with E-state index in [1.807, 2.05) is 0 Å². The lowest BCUT2D eigenvalue weighted by Crippen LogP contribution is -2.37. The van der Waals surface area contributed by atoms with Gasteiger partial charge in [0.2, 0.25) is 10.0 Å². The summed E-state index contributed by atoms with van der Waals surface area (Å²) in [5, 5.41) is 1.68. The third kappa shape index (κ3) is 5.41. The van der Waals surface area contributed by atoms with Crippen LogP contribution in [0.15, 0.2) is 23.1 Å². The molecule has 0 aromatic heterocycles. The van der Waals surface area contributed by atoms with Crippen molar-refractivity contribution in [1.82, 2.24) is 9.62 Å². The van der Waals surface area contributed by atoms with Gasteiger partial charge in [0.1, 0.15) is 4.90 Å². The second kappa shape index (κ2) is 8.79. The van der Waals surface area contributed by atoms with Gasteiger partial charge >= 0.3 is 12.0 Å². The van der Waals surface area contributed by atoms with Crippen LogP contribution in [-0.2, 0) is 19.6 Å². The highest BCUT2D eigenvalue weighted by atomic mass is 35.5. The maximum absolute atomic E-state index is 12.6. The molecule has 25 heavy (non-hydrogen) atoms. The molecule has 0 saturated heterocycles. The van der Waals surface area contributed by atoms with Crippen LogP contribution in [0.4, 0.5) is 4.79 Å². The van der Waals surface area contributed by atoms with Crippen LogP contribution in [0.3, 0.4) is 0 Å². The molecule has 3 N–H and O–H groups in total. The minimum Gasteiger partial charge on any atom is -0.452 e. The predicted octanol–water partition coefficient (Wildman–Crippen LogP) is 0.722. The Balaban J connectivity index is 3.03. The molecular weight excluding hydrogens is 374 g/mol. The van der Waals surface area contributed by atoms with Crippen LogP contribution in [0, 0.1) is 0 Å². The molecule has 0 aliphatic rings. The molecule has 0 unspecified atom stereocenters. The van der Waals surface area contributed by atoms with Crippen molar-refractivity contribution in [3.8, 4) is 0 Å². The van der Waals surface area contributed by atoms with E-state index >= 15 is 0 Å². The summed E-state index contributed by atoms with van der Waals surface area (Å²) in [6.07, 6.45) is 0. The number of hydrogen-bond donors (Lipinski definition) is 2. The second-order valence-electron chi connectivity index (χ2n) is 4.72. The van der Waals surface area contributed by atoms with E-state index in [9.17, 15) is 22.8 Å². The molecule has 0 aliphatic carbocycles. The molecule has 0 saturated carbocycles. The van der Waals surface area contributed by atoms with Crippen LogP contribution in [0.25, 0.3) is 0 Å². The van der Waals surface area contributed by atoms with E-state index in [1.54, 1.807) is 19.2 Å². The summed E-state index contributed by atoms with van der Waals surface area (Å²) in [4.78, 5) is 33.4. The van der Waals surface area contributed by atoms with Gasteiger partial charge in [-0.3, -0.25) is 10.1 Å². The van der Waals surface area contributed by atoms with Gasteiger partial charge in [-0.1, -0.05) is 25.4 Å². The molecule has 0 aliphatic heterocycles. The Kier molecular flexibility index (Phi) is 7.34. The van der Waals surface area contributed by atoms with Crippen molar-refractivity contribution in [3.63, 3.8) is 0 Å². The number of carbonyl (C=O) groups excluding carboxylic acids is 3. The SMILES string of the molecule is CCN(CC)S(=O)(=O)c1cc(C(=O)OCC(=O)NC(N)=O)ccc1Cl. The summed E-state index contributed by atoms with van der Waals surface area (Å²) >= 11 is 5.95. The standard InChI is InChI=1S/C14H18ClN3O6S/c1-3-18(4-2)25(22,23)11-7-9(5-6-10(11)15)13(20)24-8-12(19)17-14(16)21/h5-7H,3-4,8H2,1-2H3,(H3,16,17,19,21). The van der Waals surface area contributed by atoms with Crippen molar-refractivity contribution in [2.24, 2.45) is 5.73 Å². The molecule has 0 fully saturated rings. The number of amides is 3. The van der Waals surface area contributed by atoms with Crippen LogP contribution in [0.2, 0.25) is 5.02 Å². The van der Waals surface area contributed by atoms with Crippen molar-refractivity contribution < 1.29 is 27.5 Å². The first kappa shape index (κ1) is 20.9. The maximum atomic E-state index is 12.6. The van der Waals surface area contributed by atoms with Gasteiger partial charge in [0.05, 0.1) is 10.6 Å². The van der Waals surface area contributed by atoms with E-state index in [4.69, 9.17) is 22.1 Å². The Morgan fingerprint density at radius 1 is 1.24 bits per heavy atom. The zero-order valence-electron chi connectivity index (χ0n) is 13.6. The molecule has 0 radical (unpaired) electrons. The smallest absolute Gasteiger partial charge is 0.338 e. The topological polar surface area (TPSA) is 136 Å². The number of imide groups is 1. The highest BCUT2D eigenvalue weighted by Crippen LogP contribution is 2.26. The van der Waals surface area contributed by atoms with Gasteiger partial charge in [-0.05, 0) is 18.2 Å². The van der Waals surface area contributed by atoms with Gasteiger partial charge < -0.3 is 10.5 Å². The molecule has 1 aromatic carbocycles. The van der Waals surface area contributed by atoms with Crippen LogP contribution in [-0.4, -0.2) is 50.3 Å². The largest absolute Gasteiger partial charge is 0.452 e. The van der Waals surface area contributed by atoms with E-state index in [2.05, 4.69) is 0 Å². The fourth-order valence-corrected chi connectivity index (χ4v) is 3.88. The number of ether oxygens (including phenoxy) is 1. The number of hydrogen-bond acceptors (Lipinski definition) is 6. The third-order valence-electron chi connectivity index (χ3n) is 3.09. The molecule has 138 valence electrons. The molecule has 1 rings (SSSR count). The number of carbonyl (C=O) groups is 3. The number of nitrogens with zero attached hydrogens (tertiary/aromatic N) is 1. The second-order valence-corrected chi connectivity index (χ2v) is 7.04. The van der Waals surface area contributed by atoms with Gasteiger partial charge in [0.25, 0.3) is 5.91 Å². The van der Waals surface area contributed by atoms with Gasteiger partial charge in [-0.15, -0.1) is 0 Å². The van der Waals surface area contributed by atoms with Gasteiger partial charge in [-0.2, -0.15) is 4.31 Å². The molecule has 3 amide bonds. The number of esters is 1. The van der Waals surface area contributed by atoms with E-state index in [-0.39, 0.29) is 28.6 Å². The molecule has 11 heteroatoms. The molecular formula is C14H18ClN3O6S. The third-order valence-corrected chi connectivity index (χ3v) is 5.62. The fraction of sp³-hybridized carbons (Fsp3) is 0.357. The number of rotatable bonds is 7. The molecule has 1 aromatic rings. The molecule has 9 nitrogen and oxygen atoms in total. The molecule has 0 atom stereocenters. The van der Waals surface area contributed by atoms with Crippen LogP contribution in [0.5, 0.6) is 0 Å². The number of nitrogens with two attached hydrogens (primary N) is 1. The Bertz CT molecular complexity index is 777. The average Bonchev–Trinajstić information content (AvgIpc) is 2.53. The Morgan fingerprint density at radius 3 is 2.36 bits per heavy atom. The number of primary amides is 1. The number of urea groups is 1. The van der Waals surface area contributed by atoms with Crippen LogP contribution in [0.1, 0.15) is 24.2 Å². The van der Waals surface area contributed by atoms with Crippen LogP contribution < -0.4 is 11.1 Å². The first-order valence-electron chi connectivity index (χ1n) is 7.19. The highest BCUT2D eigenvalue weighted by molar-refractivity contribution is 7.89. The van der Waals surface area contributed by atoms with Crippen molar-refractivity contribution in [3.05, 3.63) is 28.8 Å². The minimum absolute atomic E-state index is 0.0464. The molecule has 0 spiro atoms. The summed E-state index contributed by atoms with van der Waals surface area (Å²) in [6.45, 7) is 3.06. The van der Waals surface area contributed by atoms with Gasteiger partial charge in [-0.25, -0.2) is 18.0 Å². The quantitative estimate of drug-likeness (QED) is 0.657. The summed E-state index contributed by atoms with van der Waals surface area (Å²) < 4.78 is 31.0. The summed E-state index contributed by atoms with van der Waals surface area (Å²) in [7, 11) is -3.88. The monoisotopic (exact) mass is 391 g/mol. The van der Waals surface area contributed by atoms with Crippen molar-refractivity contribution in [1.29, 1.82) is 0 Å². The van der Waals surface area contributed by atoms with Crippen molar-refractivity contribution in [2.45, 2.75) is 18.7 Å². The lowest BCUT2D eigenvalue weighted by atomic mass is 10.2. The van der Waals surface area contributed by atoms with Crippen molar-refractivity contribution >= 4 is 39.5 Å². The maximum Gasteiger partial charge on any atom is 0.338 e. The van der Waals surface area contributed by atoms with Crippen LogP contribution >= 0.6 is 11.6 Å². The summed E-state index contributed by atoms with van der Waals surface area (Å²) in [5.74, 6) is -1.86. The van der Waals surface area contributed by atoms with Gasteiger partial charge in [0, 0.05) is 13.1 Å². The van der Waals surface area contributed by atoms with E-state index in [0.717, 1.165) is 6.07 Å². The number of halogens is 1. The zero-order valence-corrected chi connectivity index (χ0v) is 15.2. The number of benzene rings is 1. The first-order chi connectivity index (χ1) is 11.6.